The van der Waals surface area contributed by atoms with Crippen molar-refractivity contribution in [3.63, 3.8) is 0 Å². The number of anilines is 1. The minimum absolute atomic E-state index is 0.0897. The molecular weight excluding hydrogens is 378 g/mol. The Hall–Kier alpha value is -3.75. The molecular formula is C20H21N3O6. The first-order valence-corrected chi connectivity index (χ1v) is 8.88. The lowest BCUT2D eigenvalue weighted by molar-refractivity contribution is -0.122. The molecule has 152 valence electrons. The molecule has 0 radical (unpaired) electrons. The second kappa shape index (κ2) is 8.96. The summed E-state index contributed by atoms with van der Waals surface area (Å²) < 4.78 is 15.8. The van der Waals surface area contributed by atoms with E-state index in [1.165, 1.54) is 7.05 Å². The van der Waals surface area contributed by atoms with E-state index in [1.807, 2.05) is 0 Å². The Kier molecular flexibility index (Phi) is 6.18. The van der Waals surface area contributed by atoms with E-state index in [-0.39, 0.29) is 31.8 Å². The minimum atomic E-state index is -0.395. The lowest BCUT2D eigenvalue weighted by atomic mass is 10.2. The summed E-state index contributed by atoms with van der Waals surface area (Å²) in [6.07, 6.45) is 0. The van der Waals surface area contributed by atoms with Crippen LogP contribution in [0.3, 0.4) is 0 Å². The van der Waals surface area contributed by atoms with Gasteiger partial charge in [0.25, 0.3) is 11.8 Å². The third-order valence-electron chi connectivity index (χ3n) is 4.16. The van der Waals surface area contributed by atoms with Crippen molar-refractivity contribution < 1.29 is 28.6 Å². The molecule has 1 aliphatic heterocycles. The lowest BCUT2D eigenvalue weighted by Gasteiger charge is -2.12. The normalized spacial score (nSPS) is 11.5. The van der Waals surface area contributed by atoms with Gasteiger partial charge in [0.05, 0.1) is 6.54 Å². The molecule has 0 aliphatic carbocycles. The number of nitrogens with one attached hydrogen (secondary N) is 3. The van der Waals surface area contributed by atoms with Crippen LogP contribution in [0.2, 0.25) is 0 Å². The van der Waals surface area contributed by atoms with Crippen molar-refractivity contribution in [2.75, 3.05) is 32.3 Å². The van der Waals surface area contributed by atoms with Crippen LogP contribution in [0.25, 0.3) is 0 Å². The number of hydrogen-bond donors (Lipinski definition) is 3. The van der Waals surface area contributed by atoms with Gasteiger partial charge in [-0.3, -0.25) is 14.4 Å². The summed E-state index contributed by atoms with van der Waals surface area (Å²) in [6, 6.07) is 9.85. The van der Waals surface area contributed by atoms with Gasteiger partial charge in [0.1, 0.15) is 5.75 Å². The van der Waals surface area contributed by atoms with Crippen molar-refractivity contribution in [2.24, 2.45) is 0 Å². The summed E-state index contributed by atoms with van der Waals surface area (Å²) in [5.74, 6) is 0.585. The molecule has 0 spiro atoms. The summed E-state index contributed by atoms with van der Waals surface area (Å²) >= 11 is 0. The number of fused-ring (bicyclic) bond motifs is 1. The SMILES string of the molecule is CNC(=O)COc1ccc(NC(=O)CNC(=O)c2ccc3c(c2)OCO3)c(C)c1. The predicted molar refractivity (Wildman–Crippen MR) is 104 cm³/mol. The number of ether oxygens (including phenoxy) is 3. The molecule has 0 bridgehead atoms. The molecule has 3 rings (SSSR count). The van der Waals surface area contributed by atoms with Crippen LogP contribution >= 0.6 is 0 Å². The van der Waals surface area contributed by atoms with Crippen LogP contribution in [-0.2, 0) is 9.59 Å². The van der Waals surface area contributed by atoms with Crippen molar-refractivity contribution in [1.82, 2.24) is 10.6 Å². The highest BCUT2D eigenvalue weighted by molar-refractivity contribution is 6.00. The maximum atomic E-state index is 12.2. The number of carbonyl (C=O) groups excluding carboxylic acids is 3. The standard InChI is InChI=1S/C20H21N3O6/c1-12-7-14(27-10-19(25)21-2)4-5-15(12)23-18(24)9-22-20(26)13-3-6-16-17(8-13)29-11-28-16/h3-8H,9-11H2,1-2H3,(H,21,25)(H,22,26)(H,23,24). The molecule has 1 heterocycles. The van der Waals surface area contributed by atoms with Gasteiger partial charge in [0, 0.05) is 18.3 Å². The minimum Gasteiger partial charge on any atom is -0.484 e. The number of carbonyl (C=O) groups is 3. The average Bonchev–Trinajstić information content (AvgIpc) is 3.19. The molecule has 0 saturated carbocycles. The zero-order valence-electron chi connectivity index (χ0n) is 16.0. The summed E-state index contributed by atoms with van der Waals surface area (Å²) in [7, 11) is 1.53. The summed E-state index contributed by atoms with van der Waals surface area (Å²) in [4.78, 5) is 35.6. The number of benzene rings is 2. The maximum Gasteiger partial charge on any atom is 0.257 e. The van der Waals surface area contributed by atoms with Gasteiger partial charge in [-0.15, -0.1) is 0 Å². The van der Waals surface area contributed by atoms with Crippen molar-refractivity contribution in [3.8, 4) is 17.2 Å². The quantitative estimate of drug-likeness (QED) is 0.645. The molecule has 2 aromatic rings. The van der Waals surface area contributed by atoms with Gasteiger partial charge in [-0.05, 0) is 48.9 Å². The monoisotopic (exact) mass is 399 g/mol. The molecule has 0 fully saturated rings. The van der Waals surface area contributed by atoms with Gasteiger partial charge < -0.3 is 30.2 Å². The zero-order valence-corrected chi connectivity index (χ0v) is 16.0. The van der Waals surface area contributed by atoms with E-state index in [9.17, 15) is 14.4 Å². The number of amides is 3. The molecule has 2 aromatic carbocycles. The maximum absolute atomic E-state index is 12.2. The first-order valence-electron chi connectivity index (χ1n) is 8.88. The van der Waals surface area contributed by atoms with Crippen molar-refractivity contribution in [2.45, 2.75) is 6.92 Å². The Morgan fingerprint density at radius 2 is 1.83 bits per heavy atom. The largest absolute Gasteiger partial charge is 0.484 e. The lowest BCUT2D eigenvalue weighted by Crippen LogP contribution is -2.33. The Morgan fingerprint density at radius 1 is 1.03 bits per heavy atom. The van der Waals surface area contributed by atoms with Crippen molar-refractivity contribution in [3.05, 3.63) is 47.5 Å². The number of hydrogen-bond acceptors (Lipinski definition) is 6. The highest BCUT2D eigenvalue weighted by Gasteiger charge is 2.16. The second-order valence-corrected chi connectivity index (χ2v) is 6.24. The third-order valence-corrected chi connectivity index (χ3v) is 4.16. The topological polar surface area (TPSA) is 115 Å². The fourth-order valence-electron chi connectivity index (χ4n) is 2.58. The van der Waals surface area contributed by atoms with Crippen LogP contribution in [0.1, 0.15) is 15.9 Å². The first kappa shape index (κ1) is 20.0. The van der Waals surface area contributed by atoms with E-state index in [4.69, 9.17) is 14.2 Å². The molecule has 9 heteroatoms. The number of rotatable bonds is 7. The van der Waals surface area contributed by atoms with Gasteiger partial charge in [0.15, 0.2) is 18.1 Å². The van der Waals surface area contributed by atoms with E-state index in [1.54, 1.807) is 43.3 Å². The molecule has 3 N–H and O–H groups in total. The molecule has 29 heavy (non-hydrogen) atoms. The highest BCUT2D eigenvalue weighted by Crippen LogP contribution is 2.32. The average molecular weight is 399 g/mol. The van der Waals surface area contributed by atoms with Crippen LogP contribution in [0.15, 0.2) is 36.4 Å². The third kappa shape index (κ3) is 5.16. The second-order valence-electron chi connectivity index (χ2n) is 6.24. The van der Waals surface area contributed by atoms with E-state index in [0.29, 0.717) is 28.5 Å². The molecule has 0 saturated heterocycles. The number of likely N-dealkylation sites (N-methyl/N-ethyl adjacent to an activating group) is 1. The van der Waals surface area contributed by atoms with Crippen LogP contribution in [0.4, 0.5) is 5.69 Å². The predicted octanol–water partition coefficient (Wildman–Crippen LogP) is 1.22. The highest BCUT2D eigenvalue weighted by atomic mass is 16.7. The Bertz CT molecular complexity index is 944. The zero-order chi connectivity index (χ0) is 20.8. The van der Waals surface area contributed by atoms with Crippen LogP contribution in [-0.4, -0.2) is 44.7 Å². The van der Waals surface area contributed by atoms with Crippen molar-refractivity contribution >= 4 is 23.4 Å². The van der Waals surface area contributed by atoms with Crippen LogP contribution in [0, 0.1) is 6.92 Å². The van der Waals surface area contributed by atoms with E-state index in [2.05, 4.69) is 16.0 Å². The van der Waals surface area contributed by atoms with Crippen molar-refractivity contribution in [1.29, 1.82) is 0 Å². The summed E-state index contributed by atoms with van der Waals surface area (Å²) in [5, 5.41) is 7.76. The van der Waals surface area contributed by atoms with Gasteiger partial charge in [0.2, 0.25) is 12.7 Å². The van der Waals surface area contributed by atoms with E-state index < -0.39 is 5.91 Å². The van der Waals surface area contributed by atoms with Gasteiger partial charge >= 0.3 is 0 Å². The van der Waals surface area contributed by atoms with Gasteiger partial charge in [-0.2, -0.15) is 0 Å². The fourth-order valence-corrected chi connectivity index (χ4v) is 2.58. The Balaban J connectivity index is 1.51. The van der Waals surface area contributed by atoms with Crippen LogP contribution in [0.5, 0.6) is 17.2 Å². The molecule has 0 aromatic heterocycles. The molecule has 0 atom stereocenters. The van der Waals surface area contributed by atoms with Crippen LogP contribution < -0.4 is 30.2 Å². The Morgan fingerprint density at radius 3 is 2.59 bits per heavy atom. The molecule has 3 amide bonds. The molecule has 9 nitrogen and oxygen atoms in total. The van der Waals surface area contributed by atoms with E-state index in [0.717, 1.165) is 5.56 Å². The molecule has 0 unspecified atom stereocenters. The van der Waals surface area contributed by atoms with Gasteiger partial charge in [-0.25, -0.2) is 0 Å². The smallest absolute Gasteiger partial charge is 0.257 e. The molecule has 1 aliphatic rings. The first-order chi connectivity index (χ1) is 14.0. The van der Waals surface area contributed by atoms with E-state index >= 15 is 0 Å². The number of aryl methyl sites for hydroxylation is 1. The van der Waals surface area contributed by atoms with Gasteiger partial charge in [-0.1, -0.05) is 0 Å². The Labute approximate surface area is 167 Å². The summed E-state index contributed by atoms with van der Waals surface area (Å²) in [5.41, 5.74) is 1.71. The summed E-state index contributed by atoms with van der Waals surface area (Å²) in [6.45, 7) is 1.64. The fraction of sp³-hybridized carbons (Fsp3) is 0.250.